The molecule has 0 aliphatic heterocycles. The third-order valence-electron chi connectivity index (χ3n) is 1.68. The standard InChI is InChI=1S/C11H15ClO6/c1-7(4-5-16-10(15)6-12)11(17-8(2)13)18-9(3)14/h4-5,7,11H,6H2,1-3H3. The lowest BCUT2D eigenvalue weighted by atomic mass is 10.2. The molecule has 1 unspecified atom stereocenters. The van der Waals surface area contributed by atoms with E-state index in [4.69, 9.17) is 21.1 Å². The minimum absolute atomic E-state index is 0.268. The molecule has 6 nitrogen and oxygen atoms in total. The van der Waals surface area contributed by atoms with Crippen molar-refractivity contribution < 1.29 is 28.6 Å². The molecule has 0 aliphatic rings. The van der Waals surface area contributed by atoms with Crippen molar-refractivity contribution in [2.75, 3.05) is 5.88 Å². The van der Waals surface area contributed by atoms with E-state index in [1.807, 2.05) is 0 Å². The first-order valence-electron chi connectivity index (χ1n) is 5.13. The van der Waals surface area contributed by atoms with Crippen LogP contribution < -0.4 is 0 Å². The predicted octanol–water partition coefficient (Wildman–Crippen LogP) is 1.37. The highest BCUT2D eigenvalue weighted by molar-refractivity contribution is 6.26. The third kappa shape index (κ3) is 7.67. The minimum Gasteiger partial charge on any atom is -0.434 e. The maximum atomic E-state index is 10.8. The summed E-state index contributed by atoms with van der Waals surface area (Å²) in [7, 11) is 0. The van der Waals surface area contributed by atoms with Gasteiger partial charge < -0.3 is 14.2 Å². The van der Waals surface area contributed by atoms with Gasteiger partial charge in [-0.2, -0.15) is 0 Å². The molecule has 0 amide bonds. The molecular weight excluding hydrogens is 264 g/mol. The molecule has 1 atom stereocenters. The molecule has 0 N–H and O–H groups in total. The first-order valence-corrected chi connectivity index (χ1v) is 5.66. The second kappa shape index (κ2) is 8.52. The lowest BCUT2D eigenvalue weighted by Crippen LogP contribution is -2.28. The van der Waals surface area contributed by atoms with E-state index in [2.05, 4.69) is 4.74 Å². The Hall–Kier alpha value is -1.56. The number of esters is 3. The van der Waals surface area contributed by atoms with Crippen molar-refractivity contribution in [3.63, 3.8) is 0 Å². The van der Waals surface area contributed by atoms with Crippen molar-refractivity contribution in [3.8, 4) is 0 Å². The Bertz CT molecular complexity index is 322. The summed E-state index contributed by atoms with van der Waals surface area (Å²) in [6, 6.07) is 0. The highest BCUT2D eigenvalue weighted by Crippen LogP contribution is 2.12. The second-order valence-corrected chi connectivity index (χ2v) is 3.67. The Morgan fingerprint density at radius 2 is 1.67 bits per heavy atom. The van der Waals surface area contributed by atoms with Crippen LogP contribution in [0.2, 0.25) is 0 Å². The lowest BCUT2D eigenvalue weighted by Gasteiger charge is -2.20. The molecule has 0 aromatic carbocycles. The van der Waals surface area contributed by atoms with Crippen molar-refractivity contribution in [2.24, 2.45) is 5.92 Å². The molecule has 0 rings (SSSR count). The summed E-state index contributed by atoms with van der Waals surface area (Å²) in [4.78, 5) is 32.4. The fraction of sp³-hybridized carbons (Fsp3) is 0.545. The van der Waals surface area contributed by atoms with Gasteiger partial charge in [0.2, 0.25) is 0 Å². The Balaban J connectivity index is 4.44. The molecule has 0 spiro atoms. The number of alkyl halides is 1. The van der Waals surface area contributed by atoms with Crippen molar-refractivity contribution in [1.29, 1.82) is 0 Å². The molecule has 0 heterocycles. The van der Waals surface area contributed by atoms with E-state index < -0.39 is 30.1 Å². The number of halogens is 1. The van der Waals surface area contributed by atoms with Crippen LogP contribution in [0.25, 0.3) is 0 Å². The zero-order valence-electron chi connectivity index (χ0n) is 10.3. The molecule has 0 aliphatic carbocycles. The molecule has 7 heteroatoms. The highest BCUT2D eigenvalue weighted by atomic mass is 35.5. The summed E-state index contributed by atoms with van der Waals surface area (Å²) in [6.45, 7) is 4.02. The molecule has 18 heavy (non-hydrogen) atoms. The van der Waals surface area contributed by atoms with Gasteiger partial charge in [-0.15, -0.1) is 11.6 Å². The maximum absolute atomic E-state index is 10.8. The van der Waals surface area contributed by atoms with Crippen LogP contribution in [0.1, 0.15) is 20.8 Å². The van der Waals surface area contributed by atoms with Gasteiger partial charge >= 0.3 is 17.9 Å². The highest BCUT2D eigenvalue weighted by Gasteiger charge is 2.21. The van der Waals surface area contributed by atoms with E-state index >= 15 is 0 Å². The van der Waals surface area contributed by atoms with Gasteiger partial charge in [0.15, 0.2) is 0 Å². The molecule has 0 saturated heterocycles. The molecular formula is C11H15ClO6. The molecule has 0 aromatic rings. The van der Waals surface area contributed by atoms with Crippen molar-refractivity contribution in [3.05, 3.63) is 12.3 Å². The molecule has 0 fully saturated rings. The van der Waals surface area contributed by atoms with Gasteiger partial charge in [-0.1, -0.05) is 6.92 Å². The maximum Gasteiger partial charge on any atom is 0.325 e. The number of hydrogen-bond acceptors (Lipinski definition) is 6. The summed E-state index contributed by atoms with van der Waals surface area (Å²) < 4.78 is 14.2. The average Bonchev–Trinajstić information content (AvgIpc) is 2.26. The largest absolute Gasteiger partial charge is 0.434 e. The van der Waals surface area contributed by atoms with E-state index in [-0.39, 0.29) is 5.88 Å². The SMILES string of the molecule is CC(=O)OC(OC(C)=O)C(C)C=COC(=O)CCl. The zero-order valence-corrected chi connectivity index (χ0v) is 11.1. The molecule has 0 radical (unpaired) electrons. The van der Waals surface area contributed by atoms with Crippen LogP contribution in [0.4, 0.5) is 0 Å². The van der Waals surface area contributed by atoms with E-state index in [1.54, 1.807) is 6.92 Å². The monoisotopic (exact) mass is 278 g/mol. The van der Waals surface area contributed by atoms with E-state index in [0.717, 1.165) is 6.26 Å². The van der Waals surface area contributed by atoms with Gasteiger partial charge in [0.05, 0.1) is 12.2 Å². The van der Waals surface area contributed by atoms with Gasteiger partial charge in [-0.05, 0) is 6.08 Å². The summed E-state index contributed by atoms with van der Waals surface area (Å²) in [6.07, 6.45) is 1.46. The van der Waals surface area contributed by atoms with Crippen LogP contribution >= 0.6 is 11.6 Å². The number of carbonyl (C=O) groups is 3. The zero-order chi connectivity index (χ0) is 14.1. The Kier molecular flexibility index (Phi) is 7.78. The topological polar surface area (TPSA) is 78.9 Å². The van der Waals surface area contributed by atoms with Gasteiger partial charge in [0, 0.05) is 13.8 Å². The summed E-state index contributed by atoms with van der Waals surface area (Å²) in [5, 5.41) is 0. The van der Waals surface area contributed by atoms with Gasteiger partial charge in [-0.25, -0.2) is 0 Å². The Morgan fingerprint density at radius 3 is 2.06 bits per heavy atom. The first-order chi connectivity index (χ1) is 8.36. The summed E-state index contributed by atoms with van der Waals surface area (Å²) in [5.41, 5.74) is 0. The first kappa shape index (κ1) is 16.4. The molecule has 102 valence electrons. The van der Waals surface area contributed by atoms with Gasteiger partial charge in [-0.3, -0.25) is 14.4 Å². The minimum atomic E-state index is -1.06. The normalized spacial score (nSPS) is 12.3. The van der Waals surface area contributed by atoms with Crippen LogP contribution in [0.15, 0.2) is 12.3 Å². The van der Waals surface area contributed by atoms with Crippen LogP contribution in [0, 0.1) is 5.92 Å². The van der Waals surface area contributed by atoms with Crippen LogP contribution in [-0.2, 0) is 28.6 Å². The quantitative estimate of drug-likeness (QED) is 0.316. The molecule has 0 saturated carbocycles. The Morgan fingerprint density at radius 1 is 1.17 bits per heavy atom. The fourth-order valence-electron chi connectivity index (χ4n) is 0.927. The van der Waals surface area contributed by atoms with E-state index in [0.29, 0.717) is 0 Å². The average molecular weight is 279 g/mol. The van der Waals surface area contributed by atoms with Crippen molar-refractivity contribution >= 4 is 29.5 Å². The van der Waals surface area contributed by atoms with E-state index in [1.165, 1.54) is 19.9 Å². The fourth-order valence-corrected chi connectivity index (χ4v) is 0.990. The number of ether oxygens (including phenoxy) is 3. The predicted molar refractivity (Wildman–Crippen MR) is 62.4 cm³/mol. The van der Waals surface area contributed by atoms with E-state index in [9.17, 15) is 14.4 Å². The number of hydrogen-bond donors (Lipinski definition) is 0. The van der Waals surface area contributed by atoms with Crippen LogP contribution in [-0.4, -0.2) is 30.1 Å². The summed E-state index contributed by atoms with van der Waals surface area (Å²) >= 11 is 5.22. The molecule has 0 bridgehead atoms. The van der Waals surface area contributed by atoms with Crippen molar-refractivity contribution in [1.82, 2.24) is 0 Å². The number of rotatable bonds is 6. The van der Waals surface area contributed by atoms with Crippen LogP contribution in [0.5, 0.6) is 0 Å². The third-order valence-corrected chi connectivity index (χ3v) is 1.90. The smallest absolute Gasteiger partial charge is 0.325 e. The lowest BCUT2D eigenvalue weighted by molar-refractivity contribution is -0.190. The summed E-state index contributed by atoms with van der Waals surface area (Å²) in [5.74, 6) is -2.52. The van der Waals surface area contributed by atoms with Gasteiger partial charge in [0.1, 0.15) is 5.88 Å². The molecule has 0 aromatic heterocycles. The van der Waals surface area contributed by atoms with Gasteiger partial charge in [0.25, 0.3) is 6.29 Å². The van der Waals surface area contributed by atoms with Crippen LogP contribution in [0.3, 0.4) is 0 Å². The second-order valence-electron chi connectivity index (χ2n) is 3.40. The Labute approximate surface area is 110 Å². The number of carbonyl (C=O) groups excluding carboxylic acids is 3. The van der Waals surface area contributed by atoms with Crippen molar-refractivity contribution in [2.45, 2.75) is 27.1 Å².